The second-order valence-electron chi connectivity index (χ2n) is 6.95. The largest absolute Gasteiger partial charge is 0.381 e. The molecule has 0 spiro atoms. The second kappa shape index (κ2) is 6.11. The van der Waals surface area contributed by atoms with Gasteiger partial charge in [-0.3, -0.25) is 0 Å². The van der Waals surface area contributed by atoms with Gasteiger partial charge in [-0.25, -0.2) is 0 Å². The molecule has 3 aliphatic rings. The van der Waals surface area contributed by atoms with Crippen LogP contribution in [-0.2, 0) is 9.47 Å². The van der Waals surface area contributed by atoms with Crippen LogP contribution in [0.5, 0.6) is 0 Å². The Bertz CT molecular complexity index is 276. The minimum Gasteiger partial charge on any atom is -0.381 e. The number of ether oxygens (including phenoxy) is 2. The van der Waals surface area contributed by atoms with E-state index in [0.29, 0.717) is 6.10 Å². The monoisotopic (exact) mass is 267 g/mol. The molecule has 0 atom stereocenters. The summed E-state index contributed by atoms with van der Waals surface area (Å²) in [6.45, 7) is 5.22. The molecule has 1 heterocycles. The summed E-state index contributed by atoms with van der Waals surface area (Å²) in [5, 5.41) is 3.72. The standard InChI is InChI=1S/C16H29NO2/c1-13-4-8-16(9-5-13,12-17-14-2-3-14)19-15-6-10-18-11-7-15/h13-15,17H,2-12H2,1H3. The Morgan fingerprint density at radius 2 is 1.74 bits per heavy atom. The molecule has 3 heteroatoms. The van der Waals surface area contributed by atoms with E-state index in [-0.39, 0.29) is 5.60 Å². The third-order valence-electron chi connectivity index (χ3n) is 5.06. The molecule has 3 rings (SSSR count). The molecule has 3 fully saturated rings. The summed E-state index contributed by atoms with van der Waals surface area (Å²) in [7, 11) is 0. The fourth-order valence-corrected chi connectivity index (χ4v) is 3.39. The SMILES string of the molecule is CC1CCC(CNC2CC2)(OC2CCOCC2)CC1. The fraction of sp³-hybridized carbons (Fsp3) is 1.00. The molecule has 19 heavy (non-hydrogen) atoms. The van der Waals surface area contributed by atoms with Crippen LogP contribution in [0.25, 0.3) is 0 Å². The smallest absolute Gasteiger partial charge is 0.0810 e. The maximum atomic E-state index is 6.60. The van der Waals surface area contributed by atoms with E-state index in [1.165, 1.54) is 38.5 Å². The summed E-state index contributed by atoms with van der Waals surface area (Å²) in [5.41, 5.74) is 0.122. The normalized spacial score (nSPS) is 37.4. The highest BCUT2D eigenvalue weighted by Gasteiger charge is 2.38. The molecule has 0 aromatic heterocycles. The van der Waals surface area contributed by atoms with Crippen molar-refractivity contribution in [2.75, 3.05) is 19.8 Å². The van der Waals surface area contributed by atoms with Crippen LogP contribution >= 0.6 is 0 Å². The van der Waals surface area contributed by atoms with Crippen molar-refractivity contribution in [2.45, 2.75) is 76.0 Å². The van der Waals surface area contributed by atoms with Crippen molar-refractivity contribution in [1.82, 2.24) is 5.32 Å². The van der Waals surface area contributed by atoms with E-state index in [1.54, 1.807) is 0 Å². The van der Waals surface area contributed by atoms with Gasteiger partial charge < -0.3 is 14.8 Å². The van der Waals surface area contributed by atoms with Crippen molar-refractivity contribution < 1.29 is 9.47 Å². The van der Waals surface area contributed by atoms with Crippen molar-refractivity contribution in [3.05, 3.63) is 0 Å². The first-order valence-electron chi connectivity index (χ1n) is 8.25. The summed E-state index contributed by atoms with van der Waals surface area (Å²) in [6, 6.07) is 0.787. The number of rotatable bonds is 5. The first-order valence-corrected chi connectivity index (χ1v) is 8.25. The summed E-state index contributed by atoms with van der Waals surface area (Å²) in [4.78, 5) is 0. The average molecular weight is 267 g/mol. The van der Waals surface area contributed by atoms with Crippen molar-refractivity contribution in [2.24, 2.45) is 5.92 Å². The first-order chi connectivity index (χ1) is 9.26. The molecule has 1 saturated heterocycles. The molecule has 0 unspecified atom stereocenters. The Kier molecular flexibility index (Phi) is 4.45. The molecule has 0 aromatic rings. The summed E-state index contributed by atoms with van der Waals surface area (Å²) < 4.78 is 12.1. The molecule has 3 nitrogen and oxygen atoms in total. The lowest BCUT2D eigenvalue weighted by molar-refractivity contribution is -0.142. The van der Waals surface area contributed by atoms with E-state index >= 15 is 0 Å². The van der Waals surface area contributed by atoms with E-state index < -0.39 is 0 Å². The van der Waals surface area contributed by atoms with Gasteiger partial charge in [0.2, 0.25) is 0 Å². The predicted molar refractivity (Wildman–Crippen MR) is 76.3 cm³/mol. The number of nitrogens with one attached hydrogen (secondary N) is 1. The van der Waals surface area contributed by atoms with Gasteiger partial charge in [-0.15, -0.1) is 0 Å². The Morgan fingerprint density at radius 1 is 1.05 bits per heavy atom. The topological polar surface area (TPSA) is 30.5 Å². The molecule has 2 saturated carbocycles. The van der Waals surface area contributed by atoms with Gasteiger partial charge in [0.15, 0.2) is 0 Å². The van der Waals surface area contributed by atoms with Crippen LogP contribution in [0, 0.1) is 5.92 Å². The van der Waals surface area contributed by atoms with E-state index in [0.717, 1.165) is 44.6 Å². The highest BCUT2D eigenvalue weighted by atomic mass is 16.5. The van der Waals surface area contributed by atoms with Gasteiger partial charge in [0.05, 0.1) is 11.7 Å². The third kappa shape index (κ3) is 3.93. The van der Waals surface area contributed by atoms with E-state index in [4.69, 9.17) is 9.47 Å². The lowest BCUT2D eigenvalue weighted by Crippen LogP contribution is -2.49. The van der Waals surface area contributed by atoms with Crippen molar-refractivity contribution in [1.29, 1.82) is 0 Å². The first kappa shape index (κ1) is 13.8. The van der Waals surface area contributed by atoms with E-state index in [9.17, 15) is 0 Å². The number of hydrogen-bond donors (Lipinski definition) is 1. The summed E-state index contributed by atoms with van der Waals surface area (Å²) in [5.74, 6) is 0.882. The molecule has 0 bridgehead atoms. The molecule has 1 N–H and O–H groups in total. The van der Waals surface area contributed by atoms with Gasteiger partial charge in [-0.05, 0) is 57.3 Å². The lowest BCUT2D eigenvalue weighted by atomic mass is 9.79. The second-order valence-corrected chi connectivity index (χ2v) is 6.95. The quantitative estimate of drug-likeness (QED) is 0.831. The van der Waals surface area contributed by atoms with Crippen molar-refractivity contribution >= 4 is 0 Å². The molecular weight excluding hydrogens is 238 g/mol. The van der Waals surface area contributed by atoms with Crippen LogP contribution < -0.4 is 5.32 Å². The van der Waals surface area contributed by atoms with Crippen LogP contribution in [0.4, 0.5) is 0 Å². The van der Waals surface area contributed by atoms with Gasteiger partial charge >= 0.3 is 0 Å². The number of hydrogen-bond acceptors (Lipinski definition) is 3. The van der Waals surface area contributed by atoms with Crippen LogP contribution in [0.15, 0.2) is 0 Å². The zero-order chi connectivity index (χ0) is 13.1. The average Bonchev–Trinajstić information content (AvgIpc) is 3.25. The lowest BCUT2D eigenvalue weighted by Gasteiger charge is -2.43. The maximum absolute atomic E-state index is 6.60. The van der Waals surface area contributed by atoms with Crippen LogP contribution in [0.1, 0.15) is 58.3 Å². The van der Waals surface area contributed by atoms with Crippen molar-refractivity contribution in [3.63, 3.8) is 0 Å². The minimum absolute atomic E-state index is 0.122. The molecule has 2 aliphatic carbocycles. The molecular formula is C16H29NO2. The van der Waals surface area contributed by atoms with Crippen LogP contribution in [-0.4, -0.2) is 37.5 Å². The van der Waals surface area contributed by atoms with Gasteiger partial charge in [0.1, 0.15) is 0 Å². The van der Waals surface area contributed by atoms with E-state index in [1.807, 2.05) is 0 Å². The minimum atomic E-state index is 0.122. The Hall–Kier alpha value is -0.120. The highest BCUT2D eigenvalue weighted by molar-refractivity contribution is 4.93. The molecule has 0 amide bonds. The summed E-state index contributed by atoms with van der Waals surface area (Å²) in [6.07, 6.45) is 10.5. The Labute approximate surface area is 117 Å². The molecule has 0 aromatic carbocycles. The zero-order valence-corrected chi connectivity index (χ0v) is 12.3. The highest BCUT2D eigenvalue weighted by Crippen LogP contribution is 2.37. The summed E-state index contributed by atoms with van der Waals surface area (Å²) >= 11 is 0. The zero-order valence-electron chi connectivity index (χ0n) is 12.3. The molecule has 0 radical (unpaired) electrons. The third-order valence-corrected chi connectivity index (χ3v) is 5.06. The Balaban J connectivity index is 1.57. The molecule has 110 valence electrons. The van der Waals surface area contributed by atoms with Crippen LogP contribution in [0.2, 0.25) is 0 Å². The fourth-order valence-electron chi connectivity index (χ4n) is 3.39. The van der Waals surface area contributed by atoms with Gasteiger partial charge in [-0.1, -0.05) is 6.92 Å². The van der Waals surface area contributed by atoms with E-state index in [2.05, 4.69) is 12.2 Å². The maximum Gasteiger partial charge on any atom is 0.0810 e. The molecule has 1 aliphatic heterocycles. The van der Waals surface area contributed by atoms with Gasteiger partial charge in [-0.2, -0.15) is 0 Å². The predicted octanol–water partition coefficient (Wildman–Crippen LogP) is 2.88. The van der Waals surface area contributed by atoms with Gasteiger partial charge in [0.25, 0.3) is 0 Å². The van der Waals surface area contributed by atoms with Crippen LogP contribution in [0.3, 0.4) is 0 Å². The van der Waals surface area contributed by atoms with Gasteiger partial charge in [0, 0.05) is 25.8 Å². The van der Waals surface area contributed by atoms with Crippen molar-refractivity contribution in [3.8, 4) is 0 Å². The Morgan fingerprint density at radius 3 is 2.37 bits per heavy atom.